The first-order chi connectivity index (χ1) is 9.17. The number of carbonyl (C=O) groups is 1. The maximum atomic E-state index is 13.7. The molecule has 2 heterocycles. The topological polar surface area (TPSA) is 44.1 Å². The van der Waals surface area contributed by atoms with Gasteiger partial charge in [0.25, 0.3) is 0 Å². The molecule has 2 rings (SSSR count). The third-order valence-corrected chi connectivity index (χ3v) is 2.47. The van der Waals surface area contributed by atoms with Gasteiger partial charge in [0.15, 0.2) is 11.5 Å². The smallest absolute Gasteiger partial charge is 0.358 e. The van der Waals surface area contributed by atoms with Crippen molar-refractivity contribution in [1.29, 1.82) is 0 Å². The average Bonchev–Trinajstić information content (AvgIpc) is 2.81. The lowest BCUT2D eigenvalue weighted by Crippen LogP contribution is -2.12. The summed E-state index contributed by atoms with van der Waals surface area (Å²) in [6, 6.07) is 2.82. The lowest BCUT2D eigenvalue weighted by Gasteiger charge is -2.08. The van der Waals surface area contributed by atoms with Crippen LogP contribution in [0.2, 0.25) is 0 Å². The van der Waals surface area contributed by atoms with Gasteiger partial charge < -0.3 is 9.30 Å². The number of rotatable bonds is 3. The second kappa shape index (κ2) is 5.36. The monoisotopic (exact) mass is 258 g/mol. The molecule has 0 saturated carbocycles. The van der Waals surface area contributed by atoms with E-state index in [1.807, 2.05) is 0 Å². The van der Waals surface area contributed by atoms with Crippen LogP contribution in [-0.4, -0.2) is 22.1 Å². The van der Waals surface area contributed by atoms with Gasteiger partial charge in [-0.1, -0.05) is 5.92 Å². The summed E-state index contributed by atoms with van der Waals surface area (Å²) in [7, 11) is 0. The van der Waals surface area contributed by atoms with Gasteiger partial charge in [-0.2, -0.15) is 0 Å². The molecular formula is C14H11FN2O2. The maximum absolute atomic E-state index is 13.7. The van der Waals surface area contributed by atoms with Gasteiger partial charge in [-0.15, -0.1) is 6.42 Å². The number of halogens is 1. The van der Waals surface area contributed by atoms with Crippen molar-refractivity contribution in [2.24, 2.45) is 0 Å². The van der Waals surface area contributed by atoms with Crippen LogP contribution in [0, 0.1) is 18.2 Å². The molecular weight excluding hydrogens is 247 g/mol. The molecule has 5 heteroatoms. The Morgan fingerprint density at radius 3 is 3.05 bits per heavy atom. The van der Waals surface area contributed by atoms with Gasteiger partial charge in [-0.25, -0.2) is 9.18 Å². The molecule has 0 fully saturated rings. The van der Waals surface area contributed by atoms with Crippen molar-refractivity contribution in [3.8, 4) is 18.0 Å². The van der Waals surface area contributed by atoms with E-state index in [9.17, 15) is 9.18 Å². The van der Waals surface area contributed by atoms with Gasteiger partial charge >= 0.3 is 5.97 Å². The van der Waals surface area contributed by atoms with Crippen LogP contribution < -0.4 is 0 Å². The van der Waals surface area contributed by atoms with Crippen molar-refractivity contribution in [3.05, 3.63) is 47.8 Å². The minimum atomic E-state index is -0.726. The molecule has 0 bridgehead atoms. The number of aromatic nitrogens is 2. The molecule has 0 radical (unpaired) electrons. The van der Waals surface area contributed by atoms with Crippen molar-refractivity contribution in [1.82, 2.24) is 9.55 Å². The van der Waals surface area contributed by atoms with Gasteiger partial charge in [0.2, 0.25) is 0 Å². The fraction of sp³-hybridized carbons (Fsp3) is 0.143. The zero-order valence-electron chi connectivity index (χ0n) is 10.3. The Kier molecular flexibility index (Phi) is 3.62. The highest BCUT2D eigenvalue weighted by molar-refractivity contribution is 5.88. The second-order valence-electron chi connectivity index (χ2n) is 3.68. The predicted molar refractivity (Wildman–Crippen MR) is 67.4 cm³/mol. The predicted octanol–water partition coefficient (Wildman–Crippen LogP) is 2.17. The van der Waals surface area contributed by atoms with E-state index in [1.54, 1.807) is 13.0 Å². The van der Waals surface area contributed by atoms with E-state index < -0.39 is 11.8 Å². The van der Waals surface area contributed by atoms with Crippen LogP contribution in [0.1, 0.15) is 23.0 Å². The first kappa shape index (κ1) is 12.8. The van der Waals surface area contributed by atoms with E-state index in [1.165, 1.54) is 29.2 Å². The summed E-state index contributed by atoms with van der Waals surface area (Å²) in [5, 5.41) is 0. The van der Waals surface area contributed by atoms with Crippen LogP contribution in [0.3, 0.4) is 0 Å². The molecule has 0 unspecified atom stereocenters. The van der Waals surface area contributed by atoms with Gasteiger partial charge in [-0.05, 0) is 19.1 Å². The Labute approximate surface area is 109 Å². The third kappa shape index (κ3) is 2.47. The first-order valence-corrected chi connectivity index (χ1v) is 5.63. The Morgan fingerprint density at radius 1 is 1.58 bits per heavy atom. The molecule has 0 aliphatic carbocycles. The van der Waals surface area contributed by atoms with Gasteiger partial charge in [0, 0.05) is 18.0 Å². The lowest BCUT2D eigenvalue weighted by atomic mass is 10.2. The second-order valence-corrected chi connectivity index (χ2v) is 3.68. The Bertz CT molecular complexity index is 656. The van der Waals surface area contributed by atoms with Crippen molar-refractivity contribution in [2.75, 3.05) is 6.61 Å². The van der Waals surface area contributed by atoms with E-state index in [0.717, 1.165) is 0 Å². The quantitative estimate of drug-likeness (QED) is 0.626. The first-order valence-electron chi connectivity index (χ1n) is 5.63. The normalized spacial score (nSPS) is 9.95. The molecule has 4 nitrogen and oxygen atoms in total. The van der Waals surface area contributed by atoms with Gasteiger partial charge in [0.1, 0.15) is 0 Å². The molecule has 0 N–H and O–H groups in total. The molecule has 0 saturated heterocycles. The SMILES string of the molecule is C#Cc1cncc(-n2ccc(F)c2C(=O)OCC)c1. The van der Waals surface area contributed by atoms with Crippen molar-refractivity contribution >= 4 is 5.97 Å². The van der Waals surface area contributed by atoms with Crippen molar-refractivity contribution in [2.45, 2.75) is 6.92 Å². The average molecular weight is 258 g/mol. The molecule has 0 spiro atoms. The van der Waals surface area contributed by atoms with Gasteiger partial charge in [0.05, 0.1) is 18.5 Å². The van der Waals surface area contributed by atoms with E-state index >= 15 is 0 Å². The molecule has 19 heavy (non-hydrogen) atoms. The minimum Gasteiger partial charge on any atom is -0.461 e. The molecule has 0 amide bonds. The maximum Gasteiger partial charge on any atom is 0.358 e. The van der Waals surface area contributed by atoms with Crippen LogP contribution in [-0.2, 0) is 4.74 Å². The van der Waals surface area contributed by atoms with Gasteiger partial charge in [-0.3, -0.25) is 4.98 Å². The molecule has 0 aliphatic rings. The number of hydrogen-bond acceptors (Lipinski definition) is 3. The number of esters is 1. The van der Waals surface area contributed by atoms with Crippen molar-refractivity contribution in [3.63, 3.8) is 0 Å². The number of terminal acetylenes is 1. The summed E-state index contributed by atoms with van der Waals surface area (Å²) in [4.78, 5) is 15.7. The molecule has 2 aromatic rings. The highest BCUT2D eigenvalue weighted by Gasteiger charge is 2.19. The highest BCUT2D eigenvalue weighted by Crippen LogP contribution is 2.17. The van der Waals surface area contributed by atoms with Crippen LogP contribution in [0.5, 0.6) is 0 Å². The standard InChI is InChI=1S/C14H11FN2O2/c1-3-10-7-11(9-16-8-10)17-6-5-12(15)13(17)14(18)19-4-2/h1,5-9H,4H2,2H3. The van der Waals surface area contributed by atoms with E-state index in [-0.39, 0.29) is 12.3 Å². The number of hydrogen-bond donors (Lipinski definition) is 0. The van der Waals surface area contributed by atoms with Crippen LogP contribution >= 0.6 is 0 Å². The minimum absolute atomic E-state index is 0.169. The molecule has 0 aliphatic heterocycles. The zero-order valence-corrected chi connectivity index (χ0v) is 10.3. The number of nitrogens with zero attached hydrogens (tertiary/aromatic N) is 2. The summed E-state index contributed by atoms with van der Waals surface area (Å²) in [5.74, 6) is 1.06. The zero-order chi connectivity index (χ0) is 13.8. The molecule has 0 atom stereocenters. The Balaban J connectivity index is 2.51. The third-order valence-electron chi connectivity index (χ3n) is 2.47. The fourth-order valence-electron chi connectivity index (χ4n) is 1.66. The summed E-state index contributed by atoms with van der Waals surface area (Å²) in [6.45, 7) is 1.83. The number of pyridine rings is 1. The van der Waals surface area contributed by atoms with E-state index in [4.69, 9.17) is 11.2 Å². The molecule has 0 aromatic carbocycles. The highest BCUT2D eigenvalue weighted by atomic mass is 19.1. The summed E-state index contributed by atoms with van der Waals surface area (Å²) < 4.78 is 19.9. The molecule has 96 valence electrons. The van der Waals surface area contributed by atoms with Crippen LogP contribution in [0.25, 0.3) is 5.69 Å². The lowest BCUT2D eigenvalue weighted by molar-refractivity contribution is 0.0511. The van der Waals surface area contributed by atoms with E-state index in [0.29, 0.717) is 11.3 Å². The van der Waals surface area contributed by atoms with Crippen molar-refractivity contribution < 1.29 is 13.9 Å². The van der Waals surface area contributed by atoms with E-state index in [2.05, 4.69) is 10.9 Å². The largest absolute Gasteiger partial charge is 0.461 e. The number of ether oxygens (including phenoxy) is 1. The Morgan fingerprint density at radius 2 is 2.37 bits per heavy atom. The van der Waals surface area contributed by atoms with Crippen LogP contribution in [0.4, 0.5) is 4.39 Å². The summed E-state index contributed by atoms with van der Waals surface area (Å²) >= 11 is 0. The van der Waals surface area contributed by atoms with Crippen LogP contribution in [0.15, 0.2) is 30.7 Å². The summed E-state index contributed by atoms with van der Waals surface area (Å²) in [6.07, 6.45) is 9.71. The number of carbonyl (C=O) groups excluding carboxylic acids is 1. The Hall–Kier alpha value is -2.61. The summed E-state index contributed by atoms with van der Waals surface area (Å²) in [5.41, 5.74) is 0.877. The molecule has 2 aromatic heterocycles. The fourth-order valence-corrected chi connectivity index (χ4v) is 1.66.